The Balaban J connectivity index is 2.54. The molecule has 15 heavy (non-hydrogen) atoms. The van der Waals surface area contributed by atoms with E-state index in [1.54, 1.807) is 18.5 Å². The first-order chi connectivity index (χ1) is 7.26. The van der Waals surface area contributed by atoms with E-state index in [-0.39, 0.29) is 5.41 Å². The van der Waals surface area contributed by atoms with Crippen LogP contribution in [0.1, 0.15) is 26.7 Å². The summed E-state index contributed by atoms with van der Waals surface area (Å²) in [4.78, 5) is 8.24. The highest BCUT2D eigenvalue weighted by Gasteiger charge is 2.24. The zero-order valence-electron chi connectivity index (χ0n) is 9.53. The molecule has 0 saturated carbocycles. The van der Waals surface area contributed by atoms with Gasteiger partial charge in [0.15, 0.2) is 0 Å². The van der Waals surface area contributed by atoms with Crippen LogP contribution < -0.4 is 11.1 Å². The van der Waals surface area contributed by atoms with Gasteiger partial charge in [0.05, 0.1) is 0 Å². The van der Waals surface area contributed by atoms with Crippen LogP contribution in [0.2, 0.25) is 0 Å². The molecule has 84 valence electrons. The lowest BCUT2D eigenvalue weighted by Gasteiger charge is -2.30. The second-order valence-corrected chi connectivity index (χ2v) is 3.84. The third kappa shape index (κ3) is 3.16. The monoisotopic (exact) mass is 208 g/mol. The first kappa shape index (κ1) is 11.9. The largest absolute Gasteiger partial charge is 0.354 e. The normalized spacial score (nSPS) is 11.4. The Morgan fingerprint density at radius 1 is 1.27 bits per heavy atom. The molecule has 0 aliphatic heterocycles. The molecule has 0 amide bonds. The summed E-state index contributed by atoms with van der Waals surface area (Å²) in [7, 11) is 0. The zero-order valence-corrected chi connectivity index (χ0v) is 9.53. The fourth-order valence-electron chi connectivity index (χ4n) is 1.52. The van der Waals surface area contributed by atoms with Gasteiger partial charge in [0.1, 0.15) is 0 Å². The summed E-state index contributed by atoms with van der Waals surface area (Å²) in [6.07, 6.45) is 5.61. The van der Waals surface area contributed by atoms with E-state index in [0.29, 0.717) is 12.5 Å². The second kappa shape index (κ2) is 5.66. The first-order valence-electron chi connectivity index (χ1n) is 5.47. The number of aromatic nitrogens is 2. The van der Waals surface area contributed by atoms with Gasteiger partial charge in [-0.1, -0.05) is 13.8 Å². The standard InChI is InChI=1S/C11H20N4/c1-3-11(4-2,8-12)9-15-10-13-6-5-7-14-10/h5-7H,3-4,8-9,12H2,1-2H3,(H,13,14,15). The van der Waals surface area contributed by atoms with Crippen LogP contribution in [-0.2, 0) is 0 Å². The Bertz CT molecular complexity index is 261. The van der Waals surface area contributed by atoms with Crippen LogP contribution in [0.4, 0.5) is 5.95 Å². The zero-order chi connectivity index (χ0) is 11.1. The van der Waals surface area contributed by atoms with Gasteiger partial charge in [0.25, 0.3) is 0 Å². The SMILES string of the molecule is CCC(CC)(CN)CNc1ncccn1. The predicted molar refractivity (Wildman–Crippen MR) is 62.6 cm³/mol. The molecular weight excluding hydrogens is 188 g/mol. The molecule has 3 N–H and O–H groups in total. The topological polar surface area (TPSA) is 63.8 Å². The van der Waals surface area contributed by atoms with Crippen LogP contribution in [0.5, 0.6) is 0 Å². The van der Waals surface area contributed by atoms with Crippen LogP contribution in [0.25, 0.3) is 0 Å². The molecule has 4 nitrogen and oxygen atoms in total. The van der Waals surface area contributed by atoms with Gasteiger partial charge in [-0.15, -0.1) is 0 Å². The number of anilines is 1. The van der Waals surface area contributed by atoms with Crippen molar-refractivity contribution in [2.45, 2.75) is 26.7 Å². The summed E-state index contributed by atoms with van der Waals surface area (Å²) in [6, 6.07) is 1.81. The van der Waals surface area contributed by atoms with E-state index in [0.717, 1.165) is 19.4 Å². The van der Waals surface area contributed by atoms with Crippen molar-refractivity contribution in [3.05, 3.63) is 18.5 Å². The highest BCUT2D eigenvalue weighted by Crippen LogP contribution is 2.24. The van der Waals surface area contributed by atoms with E-state index in [4.69, 9.17) is 5.73 Å². The molecule has 1 heterocycles. The molecular formula is C11H20N4. The maximum atomic E-state index is 5.81. The van der Waals surface area contributed by atoms with Crippen molar-refractivity contribution in [1.29, 1.82) is 0 Å². The number of nitrogens with zero attached hydrogens (tertiary/aromatic N) is 2. The summed E-state index contributed by atoms with van der Waals surface area (Å²) in [5, 5.41) is 3.24. The molecule has 0 aliphatic rings. The lowest BCUT2D eigenvalue weighted by molar-refractivity contribution is 0.294. The van der Waals surface area contributed by atoms with Gasteiger partial charge in [-0.05, 0) is 30.9 Å². The van der Waals surface area contributed by atoms with E-state index in [2.05, 4.69) is 29.1 Å². The van der Waals surface area contributed by atoms with Crippen LogP contribution in [0.3, 0.4) is 0 Å². The van der Waals surface area contributed by atoms with Crippen LogP contribution in [-0.4, -0.2) is 23.1 Å². The van der Waals surface area contributed by atoms with E-state index in [9.17, 15) is 0 Å². The van der Waals surface area contributed by atoms with Crippen molar-refractivity contribution < 1.29 is 0 Å². The van der Waals surface area contributed by atoms with Crippen molar-refractivity contribution in [1.82, 2.24) is 9.97 Å². The fourth-order valence-corrected chi connectivity index (χ4v) is 1.52. The molecule has 0 saturated heterocycles. The third-order valence-electron chi connectivity index (χ3n) is 3.12. The van der Waals surface area contributed by atoms with Crippen LogP contribution >= 0.6 is 0 Å². The average Bonchev–Trinajstić information content (AvgIpc) is 2.33. The molecule has 1 aromatic rings. The van der Waals surface area contributed by atoms with Gasteiger partial charge in [-0.3, -0.25) is 0 Å². The van der Waals surface area contributed by atoms with E-state index in [1.807, 2.05) is 0 Å². The molecule has 0 atom stereocenters. The third-order valence-corrected chi connectivity index (χ3v) is 3.12. The van der Waals surface area contributed by atoms with Crippen molar-refractivity contribution in [2.24, 2.45) is 11.1 Å². The Morgan fingerprint density at radius 3 is 2.33 bits per heavy atom. The quantitative estimate of drug-likeness (QED) is 0.746. The fraction of sp³-hybridized carbons (Fsp3) is 0.636. The summed E-state index contributed by atoms with van der Waals surface area (Å²) < 4.78 is 0. The minimum absolute atomic E-state index is 0.166. The molecule has 0 unspecified atom stereocenters. The number of nitrogens with one attached hydrogen (secondary N) is 1. The highest BCUT2D eigenvalue weighted by atomic mass is 15.1. The van der Waals surface area contributed by atoms with Crippen LogP contribution in [0.15, 0.2) is 18.5 Å². The Kier molecular flexibility index (Phi) is 4.49. The Morgan fingerprint density at radius 2 is 1.87 bits per heavy atom. The molecule has 1 aromatic heterocycles. The number of hydrogen-bond acceptors (Lipinski definition) is 4. The summed E-state index contributed by atoms with van der Waals surface area (Å²) in [5.41, 5.74) is 5.98. The Hall–Kier alpha value is -1.16. The second-order valence-electron chi connectivity index (χ2n) is 3.84. The Labute approximate surface area is 91.3 Å². The van der Waals surface area contributed by atoms with Gasteiger partial charge in [-0.2, -0.15) is 0 Å². The average molecular weight is 208 g/mol. The van der Waals surface area contributed by atoms with E-state index in [1.165, 1.54) is 0 Å². The lowest BCUT2D eigenvalue weighted by atomic mass is 9.82. The molecule has 1 rings (SSSR count). The van der Waals surface area contributed by atoms with Crippen molar-refractivity contribution in [3.8, 4) is 0 Å². The minimum atomic E-state index is 0.166. The molecule has 0 radical (unpaired) electrons. The van der Waals surface area contributed by atoms with Crippen LogP contribution in [0, 0.1) is 5.41 Å². The van der Waals surface area contributed by atoms with Crippen molar-refractivity contribution in [2.75, 3.05) is 18.4 Å². The van der Waals surface area contributed by atoms with Gasteiger partial charge in [0, 0.05) is 18.9 Å². The number of hydrogen-bond donors (Lipinski definition) is 2. The van der Waals surface area contributed by atoms with Crippen molar-refractivity contribution in [3.63, 3.8) is 0 Å². The maximum Gasteiger partial charge on any atom is 0.222 e. The first-order valence-corrected chi connectivity index (χ1v) is 5.47. The molecule has 0 fully saturated rings. The molecule has 4 heteroatoms. The predicted octanol–water partition coefficient (Wildman–Crippen LogP) is 1.65. The van der Waals surface area contributed by atoms with Gasteiger partial charge in [0.2, 0.25) is 5.95 Å². The summed E-state index contributed by atoms with van der Waals surface area (Å²) >= 11 is 0. The molecule has 0 bridgehead atoms. The minimum Gasteiger partial charge on any atom is -0.354 e. The molecule has 0 aromatic carbocycles. The van der Waals surface area contributed by atoms with E-state index >= 15 is 0 Å². The number of rotatable bonds is 6. The smallest absolute Gasteiger partial charge is 0.222 e. The van der Waals surface area contributed by atoms with E-state index < -0.39 is 0 Å². The lowest BCUT2D eigenvalue weighted by Crippen LogP contribution is -2.36. The van der Waals surface area contributed by atoms with Gasteiger partial charge in [-0.25, -0.2) is 9.97 Å². The molecule has 0 aliphatic carbocycles. The van der Waals surface area contributed by atoms with Crippen molar-refractivity contribution >= 4 is 5.95 Å². The van der Waals surface area contributed by atoms with Gasteiger partial charge >= 0.3 is 0 Å². The summed E-state index contributed by atoms with van der Waals surface area (Å²) in [6.45, 7) is 5.87. The number of nitrogens with two attached hydrogens (primary N) is 1. The maximum absolute atomic E-state index is 5.81. The highest BCUT2D eigenvalue weighted by molar-refractivity contribution is 5.22. The summed E-state index contributed by atoms with van der Waals surface area (Å²) in [5.74, 6) is 0.678. The molecule has 0 spiro atoms. The van der Waals surface area contributed by atoms with Gasteiger partial charge < -0.3 is 11.1 Å².